The van der Waals surface area contributed by atoms with Crippen LogP contribution in [0.15, 0.2) is 16.0 Å². The Morgan fingerprint density at radius 1 is 1.63 bits per heavy atom. The molecule has 2 heterocycles. The maximum absolute atomic E-state index is 11.8. The van der Waals surface area contributed by atoms with Crippen LogP contribution < -0.4 is 0 Å². The van der Waals surface area contributed by atoms with Crippen molar-refractivity contribution in [1.82, 2.24) is 4.90 Å². The highest BCUT2D eigenvalue weighted by atomic mass is 32.2. The van der Waals surface area contributed by atoms with E-state index in [1.54, 1.807) is 31.1 Å². The van der Waals surface area contributed by atoms with Crippen LogP contribution in [0.3, 0.4) is 0 Å². The van der Waals surface area contributed by atoms with Crippen LogP contribution in [0.4, 0.5) is 4.79 Å². The molecule has 104 valence electrons. The maximum Gasteiger partial charge on any atom is 0.434 e. The molecule has 1 fully saturated rings. The van der Waals surface area contributed by atoms with E-state index in [4.69, 9.17) is 9.84 Å². The normalized spacial score (nSPS) is 24.7. The first-order chi connectivity index (χ1) is 8.81. The Morgan fingerprint density at radius 3 is 2.89 bits per heavy atom. The van der Waals surface area contributed by atoms with Crippen LogP contribution in [-0.2, 0) is 9.53 Å². The Balaban J connectivity index is 2.06. The van der Waals surface area contributed by atoms with E-state index in [2.05, 4.69) is 4.99 Å². The highest BCUT2D eigenvalue weighted by Gasteiger charge is 2.46. The van der Waals surface area contributed by atoms with Crippen LogP contribution in [0.2, 0.25) is 0 Å². The highest BCUT2D eigenvalue weighted by molar-refractivity contribution is 8.03. The van der Waals surface area contributed by atoms with Gasteiger partial charge in [-0.25, -0.2) is 4.79 Å². The quantitative estimate of drug-likeness (QED) is 0.731. The van der Waals surface area contributed by atoms with Gasteiger partial charge in [-0.1, -0.05) is 0 Å². The number of nitrogens with zero attached hydrogens (tertiary/aromatic N) is 2. The van der Waals surface area contributed by atoms with Crippen LogP contribution in [0.25, 0.3) is 0 Å². The third-order valence-electron chi connectivity index (χ3n) is 2.54. The molecule has 2 aliphatic rings. The molecule has 7 heteroatoms. The predicted octanol–water partition coefficient (Wildman–Crippen LogP) is 1.15. The summed E-state index contributed by atoms with van der Waals surface area (Å²) in [7, 11) is 0. The zero-order valence-corrected chi connectivity index (χ0v) is 11.9. The summed E-state index contributed by atoms with van der Waals surface area (Å²) < 4.78 is 5.05. The lowest BCUT2D eigenvalue weighted by molar-refractivity contribution is -0.127. The van der Waals surface area contributed by atoms with Crippen molar-refractivity contribution in [3.05, 3.63) is 11.0 Å². The van der Waals surface area contributed by atoms with Gasteiger partial charge in [-0.15, -0.1) is 11.8 Å². The summed E-state index contributed by atoms with van der Waals surface area (Å²) in [6.07, 6.45) is -0.743. The number of carbonyl (C=O) groups is 2. The minimum absolute atomic E-state index is 0.0674. The van der Waals surface area contributed by atoms with Crippen molar-refractivity contribution < 1.29 is 19.4 Å². The van der Waals surface area contributed by atoms with Crippen LogP contribution in [0.5, 0.6) is 0 Å². The molecule has 0 aromatic rings. The number of ether oxygens (including phenoxy) is 1. The number of carbonyl (C=O) groups excluding carboxylic acids is 2. The standard InChI is InChI=1S/C12H16N2O4S/c1-12(2,3)18-11(17)13-8-9(16)14-4-7(5-15)6-19-10(8)14/h6,10,15H,4-5H2,1-3H3/b13-8+/t10-/m1/s1. The summed E-state index contributed by atoms with van der Waals surface area (Å²) in [5.41, 5.74) is 0.371. The molecule has 6 nitrogen and oxygen atoms in total. The van der Waals surface area contributed by atoms with E-state index < -0.39 is 11.7 Å². The number of thioether (sulfide) groups is 1. The number of rotatable bonds is 1. The minimum atomic E-state index is -0.743. The van der Waals surface area contributed by atoms with E-state index in [0.717, 1.165) is 5.57 Å². The second-order valence-corrected chi connectivity index (χ2v) is 6.29. The molecule has 2 aliphatic heterocycles. The van der Waals surface area contributed by atoms with E-state index in [1.807, 2.05) is 0 Å². The fraction of sp³-hybridized carbons (Fsp3) is 0.583. The van der Waals surface area contributed by atoms with Crippen molar-refractivity contribution in [3.63, 3.8) is 0 Å². The highest BCUT2D eigenvalue weighted by Crippen LogP contribution is 2.34. The van der Waals surface area contributed by atoms with Gasteiger partial charge in [0.2, 0.25) is 0 Å². The maximum atomic E-state index is 11.8. The molecule has 0 spiro atoms. The fourth-order valence-electron chi connectivity index (χ4n) is 1.72. The first kappa shape index (κ1) is 14.1. The summed E-state index contributed by atoms with van der Waals surface area (Å²) in [5.74, 6) is -0.276. The van der Waals surface area contributed by atoms with Crippen molar-refractivity contribution in [2.24, 2.45) is 4.99 Å². The SMILES string of the molecule is CC(C)(C)OC(=O)/N=C1\C(=O)N2CC(CO)=CS[C@H]12. The number of hydrogen-bond donors (Lipinski definition) is 1. The molecule has 0 bridgehead atoms. The molecule has 19 heavy (non-hydrogen) atoms. The molecule has 0 unspecified atom stereocenters. The van der Waals surface area contributed by atoms with Gasteiger partial charge in [-0.2, -0.15) is 4.99 Å². The van der Waals surface area contributed by atoms with Crippen LogP contribution >= 0.6 is 11.8 Å². The Hall–Kier alpha value is -1.34. The lowest BCUT2D eigenvalue weighted by Gasteiger charge is -2.42. The molecule has 0 aromatic carbocycles. The van der Waals surface area contributed by atoms with Gasteiger partial charge >= 0.3 is 6.09 Å². The predicted molar refractivity (Wildman–Crippen MR) is 71.9 cm³/mol. The van der Waals surface area contributed by atoms with Crippen LogP contribution in [0.1, 0.15) is 20.8 Å². The van der Waals surface area contributed by atoms with Gasteiger partial charge < -0.3 is 14.7 Å². The van der Waals surface area contributed by atoms with Gasteiger partial charge in [0.25, 0.3) is 5.91 Å². The van der Waals surface area contributed by atoms with Gasteiger partial charge in [0.05, 0.1) is 6.61 Å². The summed E-state index contributed by atoms with van der Waals surface area (Å²) in [5, 5.41) is 10.6. The smallest absolute Gasteiger partial charge is 0.434 e. The second kappa shape index (κ2) is 4.97. The number of fused-ring (bicyclic) bond motifs is 1. The van der Waals surface area contributed by atoms with E-state index in [9.17, 15) is 9.59 Å². The molecule has 1 saturated heterocycles. The minimum Gasteiger partial charge on any atom is -0.442 e. The Morgan fingerprint density at radius 2 is 2.32 bits per heavy atom. The third-order valence-corrected chi connectivity index (χ3v) is 3.75. The zero-order valence-electron chi connectivity index (χ0n) is 11.0. The Bertz CT molecular complexity index is 479. The number of hydrogen-bond acceptors (Lipinski definition) is 5. The molecule has 1 N–H and O–H groups in total. The number of amides is 2. The average Bonchev–Trinajstić information content (AvgIpc) is 2.32. The van der Waals surface area contributed by atoms with Crippen LogP contribution in [0, 0.1) is 0 Å². The molecule has 1 atom stereocenters. The lowest BCUT2D eigenvalue weighted by Crippen LogP contribution is -2.61. The van der Waals surface area contributed by atoms with Crippen molar-refractivity contribution in [1.29, 1.82) is 0 Å². The Kier molecular flexibility index (Phi) is 3.69. The molecule has 0 saturated carbocycles. The topological polar surface area (TPSA) is 79.2 Å². The van der Waals surface area contributed by atoms with Gasteiger partial charge in [-0.05, 0) is 31.8 Å². The molecule has 0 aliphatic carbocycles. The summed E-state index contributed by atoms with van der Waals surface area (Å²) in [6, 6.07) is 0. The zero-order chi connectivity index (χ0) is 14.2. The third kappa shape index (κ3) is 2.98. The van der Waals surface area contributed by atoms with E-state index in [1.165, 1.54) is 11.8 Å². The summed E-state index contributed by atoms with van der Waals surface area (Å²) in [6.45, 7) is 5.55. The number of β-lactam (4-membered cyclic amide) rings is 1. The van der Waals surface area contributed by atoms with E-state index in [0.29, 0.717) is 6.54 Å². The van der Waals surface area contributed by atoms with Crippen molar-refractivity contribution >= 4 is 29.5 Å². The first-order valence-electron chi connectivity index (χ1n) is 5.88. The van der Waals surface area contributed by atoms with Gasteiger partial charge in [0, 0.05) is 6.54 Å². The fourth-order valence-corrected chi connectivity index (χ4v) is 2.79. The molecule has 2 amide bonds. The summed E-state index contributed by atoms with van der Waals surface area (Å²) >= 11 is 1.36. The van der Waals surface area contributed by atoms with E-state index >= 15 is 0 Å². The summed E-state index contributed by atoms with van der Waals surface area (Å²) in [4.78, 5) is 28.7. The molecular formula is C12H16N2O4S. The molecular weight excluding hydrogens is 268 g/mol. The van der Waals surface area contributed by atoms with Crippen molar-refractivity contribution in [2.45, 2.75) is 31.7 Å². The first-order valence-corrected chi connectivity index (χ1v) is 6.83. The largest absolute Gasteiger partial charge is 0.442 e. The lowest BCUT2D eigenvalue weighted by atomic mass is 10.1. The number of aliphatic imine (C=N–C) groups is 1. The second-order valence-electron chi connectivity index (χ2n) is 5.33. The Labute approximate surface area is 115 Å². The molecule has 0 radical (unpaired) electrons. The van der Waals surface area contributed by atoms with Gasteiger partial charge in [-0.3, -0.25) is 4.79 Å². The monoisotopic (exact) mass is 284 g/mol. The van der Waals surface area contributed by atoms with Crippen molar-refractivity contribution in [3.8, 4) is 0 Å². The van der Waals surface area contributed by atoms with Crippen LogP contribution in [-0.4, -0.2) is 51.8 Å². The number of aliphatic hydroxyl groups excluding tert-OH is 1. The molecule has 2 rings (SSSR count). The van der Waals surface area contributed by atoms with E-state index in [-0.39, 0.29) is 23.6 Å². The van der Waals surface area contributed by atoms with Gasteiger partial charge in [0.15, 0.2) is 0 Å². The van der Waals surface area contributed by atoms with Crippen molar-refractivity contribution in [2.75, 3.05) is 13.2 Å². The number of aliphatic hydroxyl groups is 1. The van der Waals surface area contributed by atoms with Gasteiger partial charge in [0.1, 0.15) is 16.7 Å². The molecule has 0 aromatic heterocycles. The average molecular weight is 284 g/mol.